The summed E-state index contributed by atoms with van der Waals surface area (Å²) < 4.78 is 0. The maximum Gasteiger partial charge on any atom is 0.274 e. The van der Waals surface area contributed by atoms with E-state index in [1.54, 1.807) is 30.6 Å². The lowest BCUT2D eigenvalue weighted by atomic mass is 10.0. The molecule has 0 atom stereocenters. The number of fused-ring (bicyclic) bond motifs is 1. The Morgan fingerprint density at radius 3 is 2.76 bits per heavy atom. The molecule has 2 aromatic carbocycles. The van der Waals surface area contributed by atoms with Crippen molar-refractivity contribution in [3.8, 4) is 11.1 Å². The first-order valence-electron chi connectivity index (χ1n) is 7.76. The average Bonchev–Trinajstić information content (AvgIpc) is 3.11. The highest BCUT2D eigenvalue weighted by molar-refractivity contribution is 6.08. The van der Waals surface area contributed by atoms with Crippen LogP contribution in [-0.2, 0) is 0 Å². The number of nitrogens with zero attached hydrogens (tertiary/aromatic N) is 2. The second kappa shape index (κ2) is 6.09. The van der Waals surface area contributed by atoms with Crippen LogP contribution in [-0.4, -0.2) is 21.1 Å². The number of pyridine rings is 1. The predicted octanol–water partition coefficient (Wildman–Crippen LogP) is 3.46. The lowest BCUT2D eigenvalue weighted by molar-refractivity contribution is 0.102. The fourth-order valence-electron chi connectivity index (χ4n) is 2.72. The van der Waals surface area contributed by atoms with Gasteiger partial charge in [-0.15, -0.1) is 0 Å². The van der Waals surface area contributed by atoms with Crippen molar-refractivity contribution in [2.45, 2.75) is 0 Å². The summed E-state index contributed by atoms with van der Waals surface area (Å²) in [6.45, 7) is 0. The molecule has 0 aliphatic heterocycles. The van der Waals surface area contributed by atoms with Gasteiger partial charge in [-0.2, -0.15) is 5.10 Å². The number of nitrogens with one attached hydrogen (secondary N) is 2. The summed E-state index contributed by atoms with van der Waals surface area (Å²) in [5.41, 5.74) is 10.3. The van der Waals surface area contributed by atoms with E-state index in [-0.39, 0.29) is 5.91 Å². The van der Waals surface area contributed by atoms with E-state index in [0.29, 0.717) is 17.1 Å². The normalized spacial score (nSPS) is 10.7. The molecule has 0 aliphatic carbocycles. The van der Waals surface area contributed by atoms with Crippen molar-refractivity contribution in [3.05, 3.63) is 72.7 Å². The van der Waals surface area contributed by atoms with Gasteiger partial charge in [0, 0.05) is 17.3 Å². The molecule has 0 unspecified atom stereocenters. The average molecular weight is 329 g/mol. The standard InChI is InChI=1S/C19H15N5O/c20-14-5-3-4-12(8-14)13-9-17(15-11-22-24-18(15)10-13)23-19(25)16-6-1-2-7-21-16/h1-11H,20H2,(H,22,24)(H,23,25). The molecule has 0 bridgehead atoms. The number of hydrogen-bond donors (Lipinski definition) is 3. The Morgan fingerprint density at radius 2 is 1.96 bits per heavy atom. The van der Waals surface area contributed by atoms with Gasteiger partial charge in [0.25, 0.3) is 5.91 Å². The molecular formula is C19H15N5O. The molecule has 0 radical (unpaired) electrons. The highest BCUT2D eigenvalue weighted by atomic mass is 16.1. The fraction of sp³-hybridized carbons (Fsp3) is 0. The second-order valence-electron chi connectivity index (χ2n) is 5.65. The van der Waals surface area contributed by atoms with Crippen LogP contribution < -0.4 is 11.1 Å². The Kier molecular flexibility index (Phi) is 3.63. The lowest BCUT2D eigenvalue weighted by Gasteiger charge is -2.10. The summed E-state index contributed by atoms with van der Waals surface area (Å²) in [5.74, 6) is -0.271. The van der Waals surface area contributed by atoms with Crippen molar-refractivity contribution in [2.24, 2.45) is 0 Å². The molecule has 25 heavy (non-hydrogen) atoms. The number of amides is 1. The van der Waals surface area contributed by atoms with Gasteiger partial charge in [0.2, 0.25) is 0 Å². The zero-order valence-corrected chi connectivity index (χ0v) is 13.2. The minimum absolute atomic E-state index is 0.271. The van der Waals surface area contributed by atoms with Gasteiger partial charge in [-0.05, 0) is 47.5 Å². The van der Waals surface area contributed by atoms with E-state index < -0.39 is 0 Å². The number of carbonyl (C=O) groups excluding carboxylic acids is 1. The van der Waals surface area contributed by atoms with Crippen LogP contribution in [0.4, 0.5) is 11.4 Å². The number of aromatic amines is 1. The molecule has 122 valence electrons. The highest BCUT2D eigenvalue weighted by Crippen LogP contribution is 2.31. The van der Waals surface area contributed by atoms with Crippen LogP contribution in [0.1, 0.15) is 10.5 Å². The van der Waals surface area contributed by atoms with Crippen LogP contribution >= 0.6 is 0 Å². The molecule has 0 saturated carbocycles. The van der Waals surface area contributed by atoms with Gasteiger partial charge in [-0.3, -0.25) is 14.9 Å². The van der Waals surface area contributed by atoms with E-state index in [2.05, 4.69) is 20.5 Å². The molecule has 4 aromatic rings. The second-order valence-corrected chi connectivity index (χ2v) is 5.65. The fourth-order valence-corrected chi connectivity index (χ4v) is 2.72. The smallest absolute Gasteiger partial charge is 0.274 e. The maximum atomic E-state index is 12.5. The van der Waals surface area contributed by atoms with Crippen molar-refractivity contribution < 1.29 is 4.79 Å². The number of anilines is 2. The van der Waals surface area contributed by atoms with Crippen molar-refractivity contribution in [1.29, 1.82) is 0 Å². The molecule has 6 nitrogen and oxygen atoms in total. The molecule has 0 fully saturated rings. The number of carbonyl (C=O) groups is 1. The molecule has 0 spiro atoms. The van der Waals surface area contributed by atoms with E-state index in [4.69, 9.17) is 5.73 Å². The number of rotatable bonds is 3. The monoisotopic (exact) mass is 329 g/mol. The predicted molar refractivity (Wildman–Crippen MR) is 98.1 cm³/mol. The summed E-state index contributed by atoms with van der Waals surface area (Å²) in [7, 11) is 0. The molecule has 6 heteroatoms. The first kappa shape index (κ1) is 14.9. The van der Waals surface area contributed by atoms with Crippen molar-refractivity contribution >= 4 is 28.2 Å². The first-order chi connectivity index (χ1) is 12.2. The van der Waals surface area contributed by atoms with Crippen LogP contribution in [0.3, 0.4) is 0 Å². The molecule has 0 saturated heterocycles. The zero-order valence-electron chi connectivity index (χ0n) is 13.2. The topological polar surface area (TPSA) is 96.7 Å². The maximum absolute atomic E-state index is 12.5. The molecule has 2 heterocycles. The number of aromatic nitrogens is 3. The van der Waals surface area contributed by atoms with Gasteiger partial charge in [0.15, 0.2) is 0 Å². The van der Waals surface area contributed by atoms with E-state index in [1.807, 2.05) is 36.4 Å². The summed E-state index contributed by atoms with van der Waals surface area (Å²) in [4.78, 5) is 16.5. The quantitative estimate of drug-likeness (QED) is 0.501. The van der Waals surface area contributed by atoms with E-state index in [1.165, 1.54) is 0 Å². The molecule has 2 aromatic heterocycles. The first-order valence-corrected chi connectivity index (χ1v) is 7.76. The van der Waals surface area contributed by atoms with Crippen molar-refractivity contribution in [3.63, 3.8) is 0 Å². The summed E-state index contributed by atoms with van der Waals surface area (Å²) in [6.07, 6.45) is 3.28. The molecule has 1 amide bonds. The Labute approximate surface area is 143 Å². The SMILES string of the molecule is Nc1cccc(-c2cc(NC(=O)c3ccccn3)c3cn[nH]c3c2)c1. The van der Waals surface area contributed by atoms with E-state index in [9.17, 15) is 4.79 Å². The minimum atomic E-state index is -0.271. The Bertz CT molecular complexity index is 1060. The number of H-pyrrole nitrogens is 1. The van der Waals surface area contributed by atoms with Crippen LogP contribution in [0.5, 0.6) is 0 Å². The number of nitrogens with two attached hydrogens (primary N) is 1. The molecule has 4 N–H and O–H groups in total. The van der Waals surface area contributed by atoms with Crippen molar-refractivity contribution in [2.75, 3.05) is 11.1 Å². The summed E-state index contributed by atoms with van der Waals surface area (Å²) in [5, 5.41) is 10.8. The van der Waals surface area contributed by atoms with Crippen LogP contribution in [0.15, 0.2) is 67.0 Å². The van der Waals surface area contributed by atoms with Crippen LogP contribution in [0, 0.1) is 0 Å². The molecule has 0 aliphatic rings. The minimum Gasteiger partial charge on any atom is -0.399 e. The Hall–Kier alpha value is -3.67. The van der Waals surface area contributed by atoms with Crippen LogP contribution in [0.25, 0.3) is 22.0 Å². The van der Waals surface area contributed by atoms with Gasteiger partial charge in [-0.1, -0.05) is 18.2 Å². The third kappa shape index (κ3) is 2.92. The molecule has 4 rings (SSSR count). The number of hydrogen-bond acceptors (Lipinski definition) is 4. The van der Waals surface area contributed by atoms with E-state index >= 15 is 0 Å². The zero-order chi connectivity index (χ0) is 17.2. The highest BCUT2D eigenvalue weighted by Gasteiger charge is 2.12. The third-order valence-corrected chi connectivity index (χ3v) is 3.92. The van der Waals surface area contributed by atoms with Crippen LogP contribution in [0.2, 0.25) is 0 Å². The number of nitrogen functional groups attached to an aromatic ring is 1. The van der Waals surface area contributed by atoms with Gasteiger partial charge >= 0.3 is 0 Å². The third-order valence-electron chi connectivity index (χ3n) is 3.92. The lowest BCUT2D eigenvalue weighted by Crippen LogP contribution is -2.13. The molecular weight excluding hydrogens is 314 g/mol. The van der Waals surface area contributed by atoms with E-state index in [0.717, 1.165) is 22.0 Å². The van der Waals surface area contributed by atoms with Gasteiger partial charge in [-0.25, -0.2) is 0 Å². The summed E-state index contributed by atoms with van der Waals surface area (Å²) in [6, 6.07) is 16.7. The van der Waals surface area contributed by atoms with Gasteiger partial charge < -0.3 is 11.1 Å². The van der Waals surface area contributed by atoms with Gasteiger partial charge in [0.05, 0.1) is 17.4 Å². The Balaban J connectivity index is 1.78. The largest absolute Gasteiger partial charge is 0.399 e. The van der Waals surface area contributed by atoms with Gasteiger partial charge in [0.1, 0.15) is 5.69 Å². The number of benzene rings is 2. The summed E-state index contributed by atoms with van der Waals surface area (Å²) >= 11 is 0. The Morgan fingerprint density at radius 1 is 1.04 bits per heavy atom. The van der Waals surface area contributed by atoms with Crippen molar-refractivity contribution in [1.82, 2.24) is 15.2 Å².